The molecule has 1 nitrogen and oxygen atoms in total. The zero-order valence-corrected chi connectivity index (χ0v) is 10.3. The van der Waals surface area contributed by atoms with E-state index >= 15 is 0 Å². The summed E-state index contributed by atoms with van der Waals surface area (Å²) in [7, 11) is 3.32. The molecular weight excluding hydrogens is 162 g/mol. The molecule has 0 amide bonds. The third-order valence-electron chi connectivity index (χ3n) is 1.69. The van der Waals surface area contributed by atoms with Gasteiger partial charge in [-0.05, 0) is 26.6 Å². The van der Waals surface area contributed by atoms with Gasteiger partial charge in [0.05, 0.1) is 0 Å². The lowest BCUT2D eigenvalue weighted by Gasteiger charge is -2.18. The van der Waals surface area contributed by atoms with Gasteiger partial charge in [-0.1, -0.05) is 25.2 Å². The van der Waals surface area contributed by atoms with Gasteiger partial charge < -0.3 is 4.90 Å². The number of hydrogen-bond acceptors (Lipinski definition) is 1. The molecule has 0 saturated carbocycles. The van der Waals surface area contributed by atoms with Crippen molar-refractivity contribution >= 4 is 8.07 Å². The molecule has 0 saturated heterocycles. The van der Waals surface area contributed by atoms with Crippen molar-refractivity contribution in [3.05, 3.63) is 12.2 Å². The minimum atomic E-state index is -0.910. The van der Waals surface area contributed by atoms with E-state index in [9.17, 15) is 0 Å². The lowest BCUT2D eigenvalue weighted by molar-refractivity contribution is 0.413. The summed E-state index contributed by atoms with van der Waals surface area (Å²) in [5.74, 6) is 0. The number of rotatable bonds is 5. The molecule has 0 spiro atoms. The molecular formula is C10H23NSi. The molecule has 0 aliphatic heterocycles. The Labute approximate surface area is 78.5 Å². The second-order valence-electron chi connectivity index (χ2n) is 5.04. The van der Waals surface area contributed by atoms with Crippen LogP contribution in [0.1, 0.15) is 6.42 Å². The van der Waals surface area contributed by atoms with Crippen LogP contribution in [0.15, 0.2) is 12.2 Å². The smallest absolute Gasteiger partial charge is 0.0483 e. The number of hydrogen-bond donors (Lipinski definition) is 0. The molecule has 0 aliphatic carbocycles. The second kappa shape index (κ2) is 4.82. The number of nitrogens with zero attached hydrogens (tertiary/aromatic N) is 1. The molecule has 12 heavy (non-hydrogen) atoms. The summed E-state index contributed by atoms with van der Waals surface area (Å²) >= 11 is 0. The summed E-state index contributed by atoms with van der Waals surface area (Å²) in [6.45, 7) is 12.5. The summed E-state index contributed by atoms with van der Waals surface area (Å²) in [6.07, 6.45) is 1.16. The molecule has 0 radical (unpaired) electrons. The van der Waals surface area contributed by atoms with Crippen LogP contribution in [0.2, 0.25) is 25.7 Å². The zero-order chi connectivity index (χ0) is 9.78. The first-order valence-electron chi connectivity index (χ1n) is 4.62. The summed E-state index contributed by atoms with van der Waals surface area (Å²) < 4.78 is 0. The van der Waals surface area contributed by atoms with Gasteiger partial charge in [-0.15, -0.1) is 6.58 Å². The normalized spacial score (nSPS) is 12.2. The maximum absolute atomic E-state index is 4.12. The van der Waals surface area contributed by atoms with Crippen molar-refractivity contribution in [2.24, 2.45) is 0 Å². The van der Waals surface area contributed by atoms with Crippen LogP contribution in [0, 0.1) is 0 Å². The summed E-state index contributed by atoms with van der Waals surface area (Å²) in [5.41, 5.74) is 1.43. The Balaban J connectivity index is 3.61. The molecule has 2 heteroatoms. The molecule has 0 heterocycles. The third kappa shape index (κ3) is 8.02. The van der Waals surface area contributed by atoms with Crippen molar-refractivity contribution in [1.29, 1.82) is 0 Å². The second-order valence-corrected chi connectivity index (χ2v) is 10.5. The Bertz CT molecular complexity index is 144. The van der Waals surface area contributed by atoms with Crippen LogP contribution in [0.25, 0.3) is 0 Å². The van der Waals surface area contributed by atoms with Crippen molar-refractivity contribution in [3.8, 4) is 0 Å². The quantitative estimate of drug-likeness (QED) is 0.470. The van der Waals surface area contributed by atoms with Crippen LogP contribution in [0.5, 0.6) is 0 Å². The van der Waals surface area contributed by atoms with E-state index in [0.29, 0.717) is 0 Å². The largest absolute Gasteiger partial charge is 0.309 e. The predicted molar refractivity (Wildman–Crippen MR) is 60.5 cm³/mol. The molecule has 0 aromatic heterocycles. The van der Waals surface area contributed by atoms with E-state index in [-0.39, 0.29) is 0 Å². The van der Waals surface area contributed by atoms with E-state index in [4.69, 9.17) is 0 Å². The molecule has 0 N–H and O–H groups in total. The molecule has 0 unspecified atom stereocenters. The SMILES string of the molecule is C=C(CCN(C)C)C[Si](C)(C)C. The van der Waals surface area contributed by atoms with Crippen LogP contribution < -0.4 is 0 Å². The molecule has 0 aliphatic rings. The monoisotopic (exact) mass is 185 g/mol. The van der Waals surface area contributed by atoms with Gasteiger partial charge in [-0.3, -0.25) is 0 Å². The Morgan fingerprint density at radius 3 is 2.08 bits per heavy atom. The van der Waals surface area contributed by atoms with Crippen LogP contribution >= 0.6 is 0 Å². The van der Waals surface area contributed by atoms with Gasteiger partial charge in [-0.25, -0.2) is 0 Å². The Kier molecular flexibility index (Phi) is 4.79. The van der Waals surface area contributed by atoms with Crippen molar-refractivity contribution in [2.45, 2.75) is 32.1 Å². The van der Waals surface area contributed by atoms with Crippen molar-refractivity contribution < 1.29 is 0 Å². The van der Waals surface area contributed by atoms with E-state index in [1.807, 2.05) is 0 Å². The van der Waals surface area contributed by atoms with Crippen LogP contribution in [-0.2, 0) is 0 Å². The maximum Gasteiger partial charge on any atom is 0.0483 e. The van der Waals surface area contributed by atoms with Gasteiger partial charge in [-0.2, -0.15) is 0 Å². The van der Waals surface area contributed by atoms with Gasteiger partial charge in [0.15, 0.2) is 0 Å². The Morgan fingerprint density at radius 1 is 1.25 bits per heavy atom. The molecule has 0 bridgehead atoms. The standard InChI is InChI=1S/C10H23NSi/c1-10(7-8-11(2)3)9-12(4,5)6/h1,7-9H2,2-6H3. The van der Waals surface area contributed by atoms with Gasteiger partial charge >= 0.3 is 0 Å². The fraction of sp³-hybridized carbons (Fsp3) is 0.800. The predicted octanol–water partition coefficient (Wildman–Crippen LogP) is 2.83. The Morgan fingerprint density at radius 2 is 1.75 bits per heavy atom. The minimum absolute atomic E-state index is 0.910. The molecule has 0 atom stereocenters. The van der Waals surface area contributed by atoms with E-state index < -0.39 is 8.07 Å². The first kappa shape index (κ1) is 11.9. The molecule has 0 rings (SSSR count). The first-order valence-corrected chi connectivity index (χ1v) is 8.33. The third-order valence-corrected chi connectivity index (χ3v) is 3.25. The first-order chi connectivity index (χ1) is 5.31. The van der Waals surface area contributed by atoms with Crippen LogP contribution in [0.4, 0.5) is 0 Å². The lowest BCUT2D eigenvalue weighted by atomic mass is 10.2. The molecule has 72 valence electrons. The average molecular weight is 185 g/mol. The van der Waals surface area contributed by atoms with Gasteiger partial charge in [0.1, 0.15) is 0 Å². The van der Waals surface area contributed by atoms with E-state index in [1.54, 1.807) is 0 Å². The highest BCUT2D eigenvalue weighted by atomic mass is 28.3. The van der Waals surface area contributed by atoms with Gasteiger partial charge in [0, 0.05) is 14.6 Å². The highest BCUT2D eigenvalue weighted by Gasteiger charge is 2.13. The average Bonchev–Trinajstić information content (AvgIpc) is 1.79. The van der Waals surface area contributed by atoms with Gasteiger partial charge in [0.25, 0.3) is 0 Å². The fourth-order valence-electron chi connectivity index (χ4n) is 1.22. The molecule has 0 aromatic carbocycles. The van der Waals surface area contributed by atoms with Crippen molar-refractivity contribution in [2.75, 3.05) is 20.6 Å². The summed E-state index contributed by atoms with van der Waals surface area (Å²) in [5, 5.41) is 0. The summed E-state index contributed by atoms with van der Waals surface area (Å²) in [6, 6.07) is 1.28. The van der Waals surface area contributed by atoms with E-state index in [0.717, 1.165) is 13.0 Å². The van der Waals surface area contributed by atoms with Crippen molar-refractivity contribution in [1.82, 2.24) is 4.90 Å². The van der Waals surface area contributed by atoms with Crippen LogP contribution in [-0.4, -0.2) is 33.6 Å². The highest BCUT2D eigenvalue weighted by molar-refractivity contribution is 6.76. The zero-order valence-electron chi connectivity index (χ0n) is 9.28. The Hall–Kier alpha value is -0.0831. The van der Waals surface area contributed by atoms with Crippen molar-refractivity contribution in [3.63, 3.8) is 0 Å². The maximum atomic E-state index is 4.12. The van der Waals surface area contributed by atoms with E-state index in [2.05, 4.69) is 45.2 Å². The fourth-order valence-corrected chi connectivity index (χ4v) is 2.90. The van der Waals surface area contributed by atoms with Gasteiger partial charge in [0.2, 0.25) is 0 Å². The molecule has 0 aromatic rings. The lowest BCUT2D eigenvalue weighted by Crippen LogP contribution is -2.21. The highest BCUT2D eigenvalue weighted by Crippen LogP contribution is 2.16. The van der Waals surface area contributed by atoms with E-state index in [1.165, 1.54) is 11.6 Å². The summed E-state index contributed by atoms with van der Waals surface area (Å²) in [4.78, 5) is 2.22. The minimum Gasteiger partial charge on any atom is -0.309 e. The topological polar surface area (TPSA) is 3.24 Å². The molecule has 0 fully saturated rings. The van der Waals surface area contributed by atoms with Crippen LogP contribution in [0.3, 0.4) is 0 Å².